The van der Waals surface area contributed by atoms with Crippen LogP contribution in [0.5, 0.6) is 0 Å². The first kappa shape index (κ1) is 15.5. The number of rotatable bonds is 3. The number of carbonyl (C=O) groups is 2. The van der Waals surface area contributed by atoms with Crippen molar-refractivity contribution in [3.8, 4) is 0 Å². The van der Waals surface area contributed by atoms with Gasteiger partial charge in [-0.3, -0.25) is 19.2 Å². The van der Waals surface area contributed by atoms with E-state index in [2.05, 4.69) is 15.3 Å². The Morgan fingerprint density at radius 3 is 2.67 bits per heavy atom. The van der Waals surface area contributed by atoms with Gasteiger partial charge >= 0.3 is 0 Å². The van der Waals surface area contributed by atoms with E-state index in [-0.39, 0.29) is 11.8 Å². The molecule has 2 rings (SSSR count). The van der Waals surface area contributed by atoms with Crippen LogP contribution in [0.4, 0.5) is 5.82 Å². The zero-order chi connectivity index (χ0) is 15.4. The Labute approximate surface area is 124 Å². The summed E-state index contributed by atoms with van der Waals surface area (Å²) >= 11 is 0. The molecule has 0 spiro atoms. The van der Waals surface area contributed by atoms with Gasteiger partial charge in [-0.15, -0.1) is 0 Å². The minimum absolute atomic E-state index is 0.0470. The number of anilines is 1. The molecule has 0 bridgehead atoms. The molecule has 1 saturated heterocycles. The Bertz CT molecular complexity index is 525. The van der Waals surface area contributed by atoms with Crippen molar-refractivity contribution in [1.29, 1.82) is 0 Å². The van der Waals surface area contributed by atoms with E-state index in [1.54, 1.807) is 18.7 Å². The van der Waals surface area contributed by atoms with Crippen LogP contribution in [-0.2, 0) is 16.6 Å². The maximum Gasteiger partial charge on any atom is 0.239 e. The Morgan fingerprint density at radius 1 is 1.29 bits per heavy atom. The zero-order valence-electron chi connectivity index (χ0n) is 12.9. The molecule has 1 aliphatic heterocycles. The fourth-order valence-electron chi connectivity index (χ4n) is 2.56. The average Bonchev–Trinajstić information content (AvgIpc) is 2.62. The van der Waals surface area contributed by atoms with Crippen LogP contribution in [0.2, 0.25) is 0 Å². The average molecular weight is 293 g/mol. The first-order valence-electron chi connectivity index (χ1n) is 7.24. The Kier molecular flexibility index (Phi) is 4.95. The van der Waals surface area contributed by atoms with Gasteiger partial charge in [0.1, 0.15) is 5.82 Å². The molecule has 0 aromatic carbocycles. The number of amides is 2. The van der Waals surface area contributed by atoms with Crippen LogP contribution in [0.25, 0.3) is 0 Å². The molecule has 1 N–H and O–H groups in total. The van der Waals surface area contributed by atoms with E-state index in [4.69, 9.17) is 0 Å². The van der Waals surface area contributed by atoms with Crippen LogP contribution in [-0.4, -0.2) is 64.1 Å². The molecule has 0 aliphatic carbocycles. The molecule has 1 aromatic rings. The molecule has 7 heteroatoms. The first-order valence-corrected chi connectivity index (χ1v) is 7.24. The lowest BCUT2D eigenvalue weighted by Gasteiger charge is -2.20. The molecule has 7 nitrogen and oxygen atoms in total. The number of nitrogens with one attached hydrogen (secondary N) is 1. The SMILES string of the molecule is CC(=O)N1CCCN(CC(=O)Nc2cc(C)nn2C)CC1. The van der Waals surface area contributed by atoms with Gasteiger partial charge in [-0.1, -0.05) is 0 Å². The molecule has 0 saturated carbocycles. The second-order valence-corrected chi connectivity index (χ2v) is 5.48. The fraction of sp³-hybridized carbons (Fsp3) is 0.643. The highest BCUT2D eigenvalue weighted by Crippen LogP contribution is 2.08. The summed E-state index contributed by atoms with van der Waals surface area (Å²) in [5.41, 5.74) is 0.875. The van der Waals surface area contributed by atoms with Crippen molar-refractivity contribution in [2.75, 3.05) is 38.0 Å². The fourth-order valence-corrected chi connectivity index (χ4v) is 2.56. The zero-order valence-corrected chi connectivity index (χ0v) is 12.9. The van der Waals surface area contributed by atoms with Gasteiger partial charge in [-0.05, 0) is 13.3 Å². The number of nitrogens with zero attached hydrogens (tertiary/aromatic N) is 4. The normalized spacial score (nSPS) is 16.6. The van der Waals surface area contributed by atoms with E-state index in [9.17, 15) is 9.59 Å². The molecule has 1 fully saturated rings. The van der Waals surface area contributed by atoms with Crippen LogP contribution < -0.4 is 5.32 Å². The van der Waals surface area contributed by atoms with Crippen LogP contribution in [0.15, 0.2) is 6.07 Å². The third-order valence-electron chi connectivity index (χ3n) is 3.67. The minimum Gasteiger partial charge on any atom is -0.342 e. The van der Waals surface area contributed by atoms with E-state index in [0.717, 1.165) is 31.7 Å². The van der Waals surface area contributed by atoms with Gasteiger partial charge in [0, 0.05) is 46.2 Å². The maximum absolute atomic E-state index is 12.1. The molecule has 2 amide bonds. The highest BCUT2D eigenvalue weighted by atomic mass is 16.2. The molecule has 0 atom stereocenters. The van der Waals surface area contributed by atoms with Crippen LogP contribution in [0.3, 0.4) is 0 Å². The van der Waals surface area contributed by atoms with E-state index in [1.165, 1.54) is 0 Å². The van der Waals surface area contributed by atoms with Crippen LogP contribution >= 0.6 is 0 Å². The highest BCUT2D eigenvalue weighted by molar-refractivity contribution is 5.91. The Morgan fingerprint density at radius 2 is 2.05 bits per heavy atom. The number of aromatic nitrogens is 2. The second-order valence-electron chi connectivity index (χ2n) is 5.48. The van der Waals surface area contributed by atoms with E-state index < -0.39 is 0 Å². The molecule has 116 valence electrons. The van der Waals surface area contributed by atoms with E-state index >= 15 is 0 Å². The summed E-state index contributed by atoms with van der Waals surface area (Å²) < 4.78 is 1.66. The smallest absolute Gasteiger partial charge is 0.239 e. The van der Waals surface area contributed by atoms with Gasteiger partial charge in [0.2, 0.25) is 11.8 Å². The van der Waals surface area contributed by atoms with E-state index in [0.29, 0.717) is 18.9 Å². The first-order chi connectivity index (χ1) is 9.95. The third kappa shape index (κ3) is 4.29. The van der Waals surface area contributed by atoms with Gasteiger partial charge in [0.25, 0.3) is 0 Å². The summed E-state index contributed by atoms with van der Waals surface area (Å²) in [6.07, 6.45) is 0.900. The lowest BCUT2D eigenvalue weighted by molar-refractivity contribution is -0.128. The molecule has 0 radical (unpaired) electrons. The lowest BCUT2D eigenvalue weighted by Crippen LogP contribution is -2.37. The van der Waals surface area contributed by atoms with E-state index in [1.807, 2.05) is 17.9 Å². The van der Waals surface area contributed by atoms with Crippen molar-refractivity contribution in [3.05, 3.63) is 11.8 Å². The van der Waals surface area contributed by atoms with Crippen LogP contribution in [0, 0.1) is 6.92 Å². The van der Waals surface area contributed by atoms with Crippen molar-refractivity contribution in [2.45, 2.75) is 20.3 Å². The third-order valence-corrected chi connectivity index (χ3v) is 3.67. The van der Waals surface area contributed by atoms with Crippen molar-refractivity contribution in [2.24, 2.45) is 7.05 Å². The number of aryl methyl sites for hydroxylation is 2. The minimum atomic E-state index is -0.0470. The maximum atomic E-state index is 12.1. The molecule has 1 aromatic heterocycles. The lowest BCUT2D eigenvalue weighted by atomic mass is 10.3. The Hall–Kier alpha value is -1.89. The quantitative estimate of drug-likeness (QED) is 0.865. The topological polar surface area (TPSA) is 70.5 Å². The molecule has 0 unspecified atom stereocenters. The summed E-state index contributed by atoms with van der Waals surface area (Å²) in [6, 6.07) is 1.85. The summed E-state index contributed by atoms with van der Waals surface area (Å²) in [4.78, 5) is 27.4. The highest BCUT2D eigenvalue weighted by Gasteiger charge is 2.18. The molecule has 21 heavy (non-hydrogen) atoms. The monoisotopic (exact) mass is 293 g/mol. The molecule has 1 aliphatic rings. The number of hydrogen-bond acceptors (Lipinski definition) is 4. The van der Waals surface area contributed by atoms with Crippen molar-refractivity contribution in [1.82, 2.24) is 19.6 Å². The predicted molar refractivity (Wildman–Crippen MR) is 79.9 cm³/mol. The summed E-state index contributed by atoms with van der Waals surface area (Å²) in [5.74, 6) is 0.763. The molecular weight excluding hydrogens is 270 g/mol. The summed E-state index contributed by atoms with van der Waals surface area (Å²) in [7, 11) is 1.80. The van der Waals surface area contributed by atoms with Crippen molar-refractivity contribution in [3.63, 3.8) is 0 Å². The summed E-state index contributed by atoms with van der Waals surface area (Å²) in [6.45, 7) is 6.85. The number of carbonyl (C=O) groups excluding carboxylic acids is 2. The van der Waals surface area contributed by atoms with Gasteiger partial charge in [0.05, 0.1) is 12.2 Å². The van der Waals surface area contributed by atoms with Gasteiger partial charge in [-0.25, -0.2) is 0 Å². The van der Waals surface area contributed by atoms with Gasteiger partial charge in [0.15, 0.2) is 0 Å². The van der Waals surface area contributed by atoms with Crippen molar-refractivity contribution >= 4 is 17.6 Å². The summed E-state index contributed by atoms with van der Waals surface area (Å²) in [5, 5.41) is 7.07. The molecular formula is C14H23N5O2. The van der Waals surface area contributed by atoms with Crippen molar-refractivity contribution < 1.29 is 9.59 Å². The van der Waals surface area contributed by atoms with Crippen LogP contribution in [0.1, 0.15) is 19.0 Å². The second kappa shape index (κ2) is 6.71. The largest absolute Gasteiger partial charge is 0.342 e. The predicted octanol–water partition coefficient (Wildman–Crippen LogP) is 0.221. The Balaban J connectivity index is 1.85. The van der Waals surface area contributed by atoms with Gasteiger partial charge in [-0.2, -0.15) is 5.10 Å². The molecule has 2 heterocycles. The van der Waals surface area contributed by atoms with Gasteiger partial charge < -0.3 is 10.2 Å². The number of hydrogen-bond donors (Lipinski definition) is 1. The standard InChI is InChI=1S/C14H23N5O2/c1-11-9-13(17(3)16-11)15-14(21)10-18-5-4-6-19(8-7-18)12(2)20/h9H,4-8,10H2,1-3H3,(H,15,21).